The normalized spacial score (nSPS) is 17.0. The molecule has 1 fully saturated rings. The summed E-state index contributed by atoms with van der Waals surface area (Å²) >= 11 is 0. The Balaban J connectivity index is 1.57. The predicted octanol–water partition coefficient (Wildman–Crippen LogP) is 3.14. The van der Waals surface area contributed by atoms with Gasteiger partial charge < -0.3 is 15.2 Å². The van der Waals surface area contributed by atoms with Crippen LogP contribution < -0.4 is 10.5 Å². The van der Waals surface area contributed by atoms with Gasteiger partial charge in [-0.2, -0.15) is 5.26 Å². The molecule has 6 nitrogen and oxygen atoms in total. The Morgan fingerprint density at radius 1 is 1.25 bits per heavy atom. The zero-order valence-corrected chi connectivity index (χ0v) is 16.1. The van der Waals surface area contributed by atoms with Crippen molar-refractivity contribution in [3.63, 3.8) is 0 Å². The van der Waals surface area contributed by atoms with E-state index in [0.717, 1.165) is 47.8 Å². The maximum Gasteiger partial charge on any atom is 0.142 e. The molecule has 0 spiro atoms. The second kappa shape index (κ2) is 8.59. The van der Waals surface area contributed by atoms with Crippen molar-refractivity contribution in [2.24, 2.45) is 0 Å². The third kappa shape index (κ3) is 3.96. The van der Waals surface area contributed by atoms with E-state index in [-0.39, 0.29) is 5.82 Å². The maximum absolute atomic E-state index is 9.67. The molecule has 1 aromatic carbocycles. The summed E-state index contributed by atoms with van der Waals surface area (Å²) in [6.07, 6.45) is 4.61. The first-order chi connectivity index (χ1) is 13.8. The summed E-state index contributed by atoms with van der Waals surface area (Å²) in [4.78, 5) is 6.89. The van der Waals surface area contributed by atoms with Gasteiger partial charge in [-0.25, -0.2) is 4.98 Å². The third-order valence-electron chi connectivity index (χ3n) is 5.50. The van der Waals surface area contributed by atoms with Gasteiger partial charge in [0.1, 0.15) is 29.8 Å². The molecule has 0 bridgehead atoms. The van der Waals surface area contributed by atoms with Crippen LogP contribution in [0.3, 0.4) is 0 Å². The number of aromatic nitrogens is 1. The molecule has 146 valence electrons. The number of nitrogen functional groups attached to an aromatic ring is 1. The highest BCUT2D eigenvalue weighted by atomic mass is 16.5. The number of nitrogens with zero attached hydrogens (tertiary/aromatic N) is 3. The highest BCUT2D eigenvalue weighted by Gasteiger charge is 2.22. The number of piperidine rings is 1. The Kier molecular flexibility index (Phi) is 5.75. The van der Waals surface area contributed by atoms with Gasteiger partial charge in [0.15, 0.2) is 0 Å². The van der Waals surface area contributed by atoms with Gasteiger partial charge in [0.05, 0.1) is 18.9 Å². The zero-order valence-electron chi connectivity index (χ0n) is 16.1. The van der Waals surface area contributed by atoms with Crippen LogP contribution in [0, 0.1) is 11.3 Å². The van der Waals surface area contributed by atoms with Crippen LogP contribution in [0.1, 0.15) is 36.1 Å². The first-order valence-electron chi connectivity index (χ1n) is 10.0. The molecule has 0 unspecified atom stereocenters. The first-order valence-corrected chi connectivity index (χ1v) is 10.0. The number of anilines is 1. The van der Waals surface area contributed by atoms with Crippen LogP contribution >= 0.6 is 0 Å². The number of rotatable bonds is 5. The minimum absolute atomic E-state index is 0.287. The number of nitriles is 1. The lowest BCUT2D eigenvalue weighted by molar-refractivity contribution is 0.109. The minimum Gasteiger partial charge on any atom is -0.492 e. The SMILES string of the molecule is N#Cc1c(N)nc2c(c1-c1cccc(OCCN3CCCCC3)c1)COCC2. The molecule has 3 heterocycles. The molecule has 28 heavy (non-hydrogen) atoms. The molecule has 2 aliphatic heterocycles. The van der Waals surface area contributed by atoms with Crippen molar-refractivity contribution in [2.75, 3.05) is 38.6 Å². The van der Waals surface area contributed by atoms with Gasteiger partial charge in [0.25, 0.3) is 0 Å². The van der Waals surface area contributed by atoms with Gasteiger partial charge in [-0.05, 0) is 43.6 Å². The fraction of sp³-hybridized carbons (Fsp3) is 0.455. The first kappa shape index (κ1) is 18.7. The van der Waals surface area contributed by atoms with Gasteiger partial charge in [-0.3, -0.25) is 4.90 Å². The predicted molar refractivity (Wildman–Crippen MR) is 108 cm³/mol. The number of ether oxygens (including phenoxy) is 2. The molecule has 1 saturated heterocycles. The van der Waals surface area contributed by atoms with Crippen molar-refractivity contribution < 1.29 is 9.47 Å². The fourth-order valence-corrected chi connectivity index (χ4v) is 4.05. The second-order valence-electron chi connectivity index (χ2n) is 7.37. The number of pyridine rings is 1. The molecule has 4 rings (SSSR count). The Bertz CT molecular complexity index is 885. The molecular formula is C22H26N4O2. The molecule has 0 saturated carbocycles. The second-order valence-corrected chi connectivity index (χ2v) is 7.37. The van der Waals surface area contributed by atoms with E-state index in [2.05, 4.69) is 16.0 Å². The highest BCUT2D eigenvalue weighted by molar-refractivity contribution is 5.79. The van der Waals surface area contributed by atoms with E-state index in [1.807, 2.05) is 24.3 Å². The largest absolute Gasteiger partial charge is 0.492 e. The lowest BCUT2D eigenvalue weighted by Crippen LogP contribution is -2.33. The van der Waals surface area contributed by atoms with E-state index in [1.165, 1.54) is 19.3 Å². The van der Waals surface area contributed by atoms with E-state index >= 15 is 0 Å². The van der Waals surface area contributed by atoms with Gasteiger partial charge in [0.2, 0.25) is 0 Å². The number of hydrogen-bond donors (Lipinski definition) is 1. The van der Waals surface area contributed by atoms with Crippen molar-refractivity contribution in [1.82, 2.24) is 9.88 Å². The Labute approximate surface area is 165 Å². The minimum atomic E-state index is 0.287. The molecule has 1 aromatic heterocycles. The maximum atomic E-state index is 9.67. The number of likely N-dealkylation sites (tertiary alicyclic amines) is 1. The van der Waals surface area contributed by atoms with E-state index in [0.29, 0.717) is 31.8 Å². The summed E-state index contributed by atoms with van der Waals surface area (Å²) in [7, 11) is 0. The van der Waals surface area contributed by atoms with Gasteiger partial charge in [0, 0.05) is 24.1 Å². The fourth-order valence-electron chi connectivity index (χ4n) is 4.05. The summed E-state index contributed by atoms with van der Waals surface area (Å²) in [5.41, 5.74) is 10.1. The number of nitrogens with two attached hydrogens (primary N) is 1. The average Bonchev–Trinajstić information content (AvgIpc) is 2.74. The molecule has 2 N–H and O–H groups in total. The quantitative estimate of drug-likeness (QED) is 0.860. The summed E-state index contributed by atoms with van der Waals surface area (Å²) < 4.78 is 11.6. The molecule has 0 aliphatic carbocycles. The summed E-state index contributed by atoms with van der Waals surface area (Å²) in [5, 5.41) is 9.67. The highest BCUT2D eigenvalue weighted by Crippen LogP contribution is 2.35. The van der Waals surface area contributed by atoms with Crippen LogP contribution in [0.5, 0.6) is 5.75 Å². The average molecular weight is 378 g/mol. The van der Waals surface area contributed by atoms with Crippen LogP contribution in [0.15, 0.2) is 24.3 Å². The standard InChI is InChI=1S/C22H26N4O2/c23-14-18-21(19-15-27-11-7-20(19)25-22(18)24)16-5-4-6-17(13-16)28-12-10-26-8-2-1-3-9-26/h4-6,13H,1-3,7-12,15H2,(H2,24,25). The molecule has 0 amide bonds. The van der Waals surface area contributed by atoms with Gasteiger partial charge >= 0.3 is 0 Å². The summed E-state index contributed by atoms with van der Waals surface area (Å²) in [6, 6.07) is 10.1. The Morgan fingerprint density at radius 2 is 2.11 bits per heavy atom. The third-order valence-corrected chi connectivity index (χ3v) is 5.50. The smallest absolute Gasteiger partial charge is 0.142 e. The summed E-state index contributed by atoms with van der Waals surface area (Å²) in [6.45, 7) is 5.01. The van der Waals surface area contributed by atoms with Crippen LogP contribution in [-0.2, 0) is 17.8 Å². The Morgan fingerprint density at radius 3 is 2.93 bits per heavy atom. The number of hydrogen-bond acceptors (Lipinski definition) is 6. The molecule has 0 radical (unpaired) electrons. The Hall–Kier alpha value is -2.62. The van der Waals surface area contributed by atoms with Crippen LogP contribution in [0.2, 0.25) is 0 Å². The monoisotopic (exact) mass is 378 g/mol. The molecule has 2 aliphatic rings. The number of benzene rings is 1. The van der Waals surface area contributed by atoms with E-state index in [4.69, 9.17) is 15.2 Å². The molecule has 6 heteroatoms. The van der Waals surface area contributed by atoms with Crippen molar-refractivity contribution in [1.29, 1.82) is 5.26 Å². The van der Waals surface area contributed by atoms with Crippen LogP contribution in [-0.4, -0.2) is 42.7 Å². The lowest BCUT2D eigenvalue weighted by atomic mass is 9.92. The topological polar surface area (TPSA) is 84.4 Å². The van der Waals surface area contributed by atoms with Crippen molar-refractivity contribution in [3.8, 4) is 22.9 Å². The summed E-state index contributed by atoms with van der Waals surface area (Å²) in [5.74, 6) is 1.09. The van der Waals surface area contributed by atoms with Crippen molar-refractivity contribution >= 4 is 5.82 Å². The van der Waals surface area contributed by atoms with Gasteiger partial charge in [-0.1, -0.05) is 18.6 Å². The van der Waals surface area contributed by atoms with Crippen molar-refractivity contribution in [3.05, 3.63) is 41.1 Å². The molecular weight excluding hydrogens is 352 g/mol. The lowest BCUT2D eigenvalue weighted by Gasteiger charge is -2.26. The number of fused-ring (bicyclic) bond motifs is 1. The van der Waals surface area contributed by atoms with Crippen LogP contribution in [0.4, 0.5) is 5.82 Å². The molecule has 2 aromatic rings. The van der Waals surface area contributed by atoms with Crippen LogP contribution in [0.25, 0.3) is 11.1 Å². The van der Waals surface area contributed by atoms with Crippen molar-refractivity contribution in [2.45, 2.75) is 32.3 Å². The van der Waals surface area contributed by atoms with E-state index in [1.54, 1.807) is 0 Å². The van der Waals surface area contributed by atoms with E-state index in [9.17, 15) is 5.26 Å². The molecule has 0 atom stereocenters. The van der Waals surface area contributed by atoms with E-state index < -0.39 is 0 Å². The van der Waals surface area contributed by atoms with Gasteiger partial charge in [-0.15, -0.1) is 0 Å². The zero-order chi connectivity index (χ0) is 19.3.